The summed E-state index contributed by atoms with van der Waals surface area (Å²) in [5.74, 6) is 0. The fourth-order valence-corrected chi connectivity index (χ4v) is 7.49. The van der Waals surface area contributed by atoms with Gasteiger partial charge >= 0.3 is 0 Å². The maximum absolute atomic E-state index is 13.0. The zero-order valence-electron chi connectivity index (χ0n) is 29.9. The Labute approximate surface area is 308 Å². The van der Waals surface area contributed by atoms with E-state index < -0.39 is 10.0 Å². The highest BCUT2D eigenvalue weighted by atomic mass is 32.2. The van der Waals surface area contributed by atoms with Crippen LogP contribution >= 0.6 is 11.3 Å². The third kappa shape index (κ3) is 11.3. The van der Waals surface area contributed by atoms with E-state index in [9.17, 15) is 8.42 Å². The number of sulfonamides is 1. The van der Waals surface area contributed by atoms with Crippen molar-refractivity contribution < 1.29 is 8.42 Å². The highest BCUT2D eigenvalue weighted by molar-refractivity contribution is 7.92. The summed E-state index contributed by atoms with van der Waals surface area (Å²) in [6.07, 6.45) is 11.2. The lowest BCUT2D eigenvalue weighted by Gasteiger charge is -2.27. The molecule has 8 nitrogen and oxygen atoms in total. The zero-order valence-corrected chi connectivity index (χ0v) is 31.6. The highest BCUT2D eigenvalue weighted by Gasteiger charge is 2.19. The van der Waals surface area contributed by atoms with Gasteiger partial charge in [0.25, 0.3) is 10.0 Å². The Morgan fingerprint density at radius 1 is 0.725 bits per heavy atom. The second kappa shape index (κ2) is 19.5. The van der Waals surface area contributed by atoms with Crippen LogP contribution in [0.5, 0.6) is 0 Å². The Bertz CT molecular complexity index is 1900. The minimum absolute atomic E-state index is 0.187. The zero-order chi connectivity index (χ0) is 36.6. The van der Waals surface area contributed by atoms with Crippen LogP contribution in [0.3, 0.4) is 0 Å². The number of unbranched alkanes of at least 4 members (excludes halogenated alkanes) is 4. The standard InChI is InChI=1S/C32H37N3O2S.C9H13N3S/c1-3-5-10-25-14-18-27(19-15-25)35(28-20-16-26(17-21-28)11-6-4-2)29-22-23-31(33)32(24-29)34-38(36,37)30-12-8-7-9-13-30;1-2-3-4-5-8-7(6-10)12-9(11)13-8/h7-9,12-24,34H,3-6,10-11,33H2,1-2H3;2-5H2,1H3,(H2,11,12). The molecule has 5 aromatic rings. The number of nitrogens with zero attached hydrogens (tertiary/aromatic N) is 3. The van der Waals surface area contributed by atoms with Crippen LogP contribution in [0.1, 0.15) is 87.4 Å². The molecule has 5 N–H and O–H groups in total. The molecule has 4 aromatic carbocycles. The van der Waals surface area contributed by atoms with Gasteiger partial charge in [0, 0.05) is 21.9 Å². The van der Waals surface area contributed by atoms with Crippen LogP contribution in [0.4, 0.5) is 33.6 Å². The average Bonchev–Trinajstić information content (AvgIpc) is 3.52. The molecular weight excluding hydrogens is 673 g/mol. The minimum atomic E-state index is -3.79. The van der Waals surface area contributed by atoms with E-state index in [1.165, 1.54) is 35.3 Å². The van der Waals surface area contributed by atoms with Gasteiger partial charge in [0.15, 0.2) is 10.8 Å². The molecule has 0 unspecified atom stereocenters. The van der Waals surface area contributed by atoms with Crippen LogP contribution in [0.25, 0.3) is 0 Å². The van der Waals surface area contributed by atoms with E-state index in [0.717, 1.165) is 73.3 Å². The average molecular weight is 723 g/mol. The van der Waals surface area contributed by atoms with Crippen molar-refractivity contribution in [2.45, 2.75) is 89.9 Å². The van der Waals surface area contributed by atoms with Gasteiger partial charge in [0.1, 0.15) is 6.07 Å². The number of benzene rings is 4. The number of hydrogen-bond acceptors (Lipinski definition) is 8. The lowest BCUT2D eigenvalue weighted by Crippen LogP contribution is -2.15. The Balaban J connectivity index is 0.000000378. The maximum atomic E-state index is 13.0. The summed E-state index contributed by atoms with van der Waals surface area (Å²) < 4.78 is 28.8. The summed E-state index contributed by atoms with van der Waals surface area (Å²) in [6.45, 7) is 6.56. The first-order valence-corrected chi connectivity index (χ1v) is 20.1. The van der Waals surface area contributed by atoms with Gasteiger partial charge < -0.3 is 16.4 Å². The Kier molecular flexibility index (Phi) is 14.9. The van der Waals surface area contributed by atoms with Gasteiger partial charge in [0.2, 0.25) is 0 Å². The second-order valence-electron chi connectivity index (χ2n) is 12.5. The van der Waals surface area contributed by atoms with Gasteiger partial charge in [-0.05, 0) is 104 Å². The third-order valence-electron chi connectivity index (χ3n) is 8.45. The van der Waals surface area contributed by atoms with E-state index >= 15 is 0 Å². The molecule has 10 heteroatoms. The van der Waals surface area contributed by atoms with Crippen molar-refractivity contribution in [1.82, 2.24) is 4.98 Å². The van der Waals surface area contributed by atoms with E-state index in [2.05, 4.69) is 90.0 Å². The van der Waals surface area contributed by atoms with Crippen molar-refractivity contribution in [3.63, 3.8) is 0 Å². The van der Waals surface area contributed by atoms with Crippen molar-refractivity contribution in [2.75, 3.05) is 21.1 Å². The van der Waals surface area contributed by atoms with Gasteiger partial charge in [-0.25, -0.2) is 13.4 Å². The normalized spacial score (nSPS) is 10.9. The molecule has 0 aliphatic carbocycles. The fourth-order valence-electron chi connectivity index (χ4n) is 5.57. The van der Waals surface area contributed by atoms with Crippen molar-refractivity contribution in [3.05, 3.63) is 119 Å². The first-order valence-electron chi connectivity index (χ1n) is 17.8. The summed E-state index contributed by atoms with van der Waals surface area (Å²) in [4.78, 5) is 7.30. The summed E-state index contributed by atoms with van der Waals surface area (Å²) in [5.41, 5.74) is 18.4. The van der Waals surface area contributed by atoms with Crippen molar-refractivity contribution >= 4 is 54.9 Å². The number of nitrogens with one attached hydrogen (secondary N) is 1. The van der Waals surface area contributed by atoms with E-state index in [-0.39, 0.29) is 4.90 Å². The monoisotopic (exact) mass is 722 g/mol. The third-order valence-corrected chi connectivity index (χ3v) is 10.8. The van der Waals surface area contributed by atoms with Crippen LogP contribution < -0.4 is 21.1 Å². The molecule has 0 fully saturated rings. The van der Waals surface area contributed by atoms with Gasteiger partial charge in [-0.1, -0.05) is 88.9 Å². The van der Waals surface area contributed by atoms with Crippen LogP contribution in [0, 0.1) is 11.3 Å². The molecule has 0 atom stereocenters. The second-order valence-corrected chi connectivity index (χ2v) is 15.3. The van der Waals surface area contributed by atoms with Gasteiger partial charge in [0.05, 0.1) is 16.3 Å². The predicted octanol–water partition coefficient (Wildman–Crippen LogP) is 10.6. The first-order chi connectivity index (χ1) is 24.7. The number of aromatic nitrogens is 1. The SMILES string of the molecule is CCCCCc1sc(N)nc1C#N.CCCCc1ccc(N(c2ccc(CCCC)cc2)c2ccc(N)c(NS(=O)(=O)c3ccccc3)c2)cc1. The van der Waals surface area contributed by atoms with E-state index in [4.69, 9.17) is 16.7 Å². The number of nitrogen functional groups attached to an aromatic ring is 2. The van der Waals surface area contributed by atoms with Gasteiger partial charge in [-0.15, -0.1) is 11.3 Å². The Hall–Kier alpha value is -4.85. The molecule has 0 bridgehead atoms. The summed E-state index contributed by atoms with van der Waals surface area (Å²) in [6, 6.07) is 33.0. The maximum Gasteiger partial charge on any atom is 0.261 e. The van der Waals surface area contributed by atoms with Crippen molar-refractivity contribution in [1.29, 1.82) is 5.26 Å². The largest absolute Gasteiger partial charge is 0.397 e. The number of hydrogen-bond donors (Lipinski definition) is 3. The number of anilines is 6. The van der Waals surface area contributed by atoms with Gasteiger partial charge in [-0.3, -0.25) is 4.72 Å². The molecule has 0 saturated carbocycles. The van der Waals surface area contributed by atoms with Crippen LogP contribution in [-0.4, -0.2) is 13.4 Å². The molecule has 268 valence electrons. The number of thiazole rings is 1. The molecule has 1 aromatic heterocycles. The lowest BCUT2D eigenvalue weighted by atomic mass is 10.1. The molecule has 0 aliphatic rings. The molecule has 0 radical (unpaired) electrons. The fraction of sp³-hybridized carbons (Fsp3) is 0.317. The van der Waals surface area contributed by atoms with Crippen LogP contribution in [0.15, 0.2) is 102 Å². The topological polar surface area (TPSA) is 138 Å². The Morgan fingerprint density at radius 3 is 1.80 bits per heavy atom. The highest BCUT2D eigenvalue weighted by Crippen LogP contribution is 2.38. The Morgan fingerprint density at radius 2 is 1.27 bits per heavy atom. The number of aryl methyl sites for hydroxylation is 3. The van der Waals surface area contributed by atoms with Crippen molar-refractivity contribution in [2.24, 2.45) is 0 Å². The van der Waals surface area contributed by atoms with Crippen molar-refractivity contribution in [3.8, 4) is 6.07 Å². The number of nitriles is 1. The van der Waals surface area contributed by atoms with E-state index in [1.807, 2.05) is 6.07 Å². The van der Waals surface area contributed by atoms with Crippen LogP contribution in [-0.2, 0) is 29.3 Å². The lowest BCUT2D eigenvalue weighted by molar-refractivity contribution is 0.601. The molecule has 0 aliphatic heterocycles. The number of nitrogens with two attached hydrogens (primary N) is 2. The summed E-state index contributed by atoms with van der Waals surface area (Å²) >= 11 is 1.43. The number of rotatable bonds is 16. The van der Waals surface area contributed by atoms with E-state index in [0.29, 0.717) is 22.2 Å². The molecule has 5 rings (SSSR count). The molecule has 0 spiro atoms. The predicted molar refractivity (Wildman–Crippen MR) is 214 cm³/mol. The summed E-state index contributed by atoms with van der Waals surface area (Å²) in [5, 5.41) is 9.23. The quantitative estimate of drug-likeness (QED) is 0.0680. The van der Waals surface area contributed by atoms with Crippen LogP contribution in [0.2, 0.25) is 0 Å². The smallest absolute Gasteiger partial charge is 0.261 e. The molecule has 0 amide bonds. The summed E-state index contributed by atoms with van der Waals surface area (Å²) in [7, 11) is -3.79. The minimum Gasteiger partial charge on any atom is -0.397 e. The molecule has 0 saturated heterocycles. The molecule has 51 heavy (non-hydrogen) atoms. The molecule has 1 heterocycles. The van der Waals surface area contributed by atoms with E-state index in [1.54, 1.807) is 42.5 Å². The molecular formula is C41H50N6O2S2. The van der Waals surface area contributed by atoms with Gasteiger partial charge in [-0.2, -0.15) is 5.26 Å². The first kappa shape index (κ1) is 38.9.